The molecule has 270 valence electrons. The van der Waals surface area contributed by atoms with Crippen LogP contribution in [0.2, 0.25) is 0 Å². The molecule has 13 nitrogen and oxygen atoms in total. The monoisotopic (exact) mass is 685 g/mol. The molecular weight excluding hydrogens is 634 g/mol. The molecule has 6 fully saturated rings. The second kappa shape index (κ2) is 12.2. The molecule has 0 aromatic heterocycles. The van der Waals surface area contributed by atoms with Crippen molar-refractivity contribution in [3.63, 3.8) is 0 Å². The predicted molar refractivity (Wildman–Crippen MR) is 175 cm³/mol. The van der Waals surface area contributed by atoms with Crippen LogP contribution in [-0.4, -0.2) is 123 Å². The molecule has 7 rings (SSSR count). The molecule has 1 saturated heterocycles. The van der Waals surface area contributed by atoms with Crippen LogP contribution >= 0.6 is 0 Å². The summed E-state index contributed by atoms with van der Waals surface area (Å²) in [5.41, 5.74) is 1.14. The van der Waals surface area contributed by atoms with E-state index in [0.717, 1.165) is 6.42 Å². The molecule has 0 unspecified atom stereocenters. The normalized spacial score (nSPS) is 44.4. The van der Waals surface area contributed by atoms with E-state index < -0.39 is 52.0 Å². The maximum Gasteiger partial charge on any atom is 0.340 e. The first-order chi connectivity index (χ1) is 23.4. The van der Waals surface area contributed by atoms with Gasteiger partial charge in [0.1, 0.15) is 11.2 Å². The van der Waals surface area contributed by atoms with Gasteiger partial charge in [0.15, 0.2) is 0 Å². The van der Waals surface area contributed by atoms with Crippen molar-refractivity contribution in [1.29, 1.82) is 0 Å². The smallest absolute Gasteiger partial charge is 0.340 e. The number of hydrogen-bond donors (Lipinski definition) is 4. The maximum absolute atomic E-state index is 13.9. The van der Waals surface area contributed by atoms with Gasteiger partial charge in [0.05, 0.1) is 48.3 Å². The van der Waals surface area contributed by atoms with Crippen LogP contribution < -0.4 is 11.1 Å². The molecule has 13 heteroatoms. The third-order valence-corrected chi connectivity index (χ3v) is 13.8. The van der Waals surface area contributed by atoms with Crippen LogP contribution in [0, 0.1) is 34.5 Å². The van der Waals surface area contributed by atoms with Crippen molar-refractivity contribution in [3.05, 3.63) is 29.8 Å². The Morgan fingerprint density at radius 3 is 2.45 bits per heavy atom. The molecule has 1 spiro atoms. The van der Waals surface area contributed by atoms with Gasteiger partial charge < -0.3 is 44.9 Å². The van der Waals surface area contributed by atoms with Crippen LogP contribution in [0.3, 0.4) is 0 Å². The number of likely N-dealkylation sites (N-methyl/N-ethyl adjacent to an activating group) is 1. The molecule has 0 radical (unpaired) electrons. The number of nitrogens with two attached hydrogens (primary N) is 1. The number of esters is 1. The number of amides is 2. The maximum atomic E-state index is 13.9. The molecule has 5 saturated carbocycles. The first-order valence-electron chi connectivity index (χ1n) is 17.6. The molecule has 5 N–H and O–H groups in total. The van der Waals surface area contributed by atoms with Gasteiger partial charge in [-0.05, 0) is 43.9 Å². The number of piperidine rings is 1. The lowest BCUT2D eigenvalue weighted by Crippen LogP contribution is -2.82. The van der Waals surface area contributed by atoms with Gasteiger partial charge in [0.2, 0.25) is 11.8 Å². The number of ether oxygens (including phenoxy) is 5. The van der Waals surface area contributed by atoms with Crippen molar-refractivity contribution >= 4 is 23.5 Å². The zero-order valence-electron chi connectivity index (χ0n) is 29.1. The van der Waals surface area contributed by atoms with Gasteiger partial charge in [-0.15, -0.1) is 0 Å². The number of likely N-dealkylation sites (tertiary alicyclic amines) is 1. The molecule has 2 amide bonds. The summed E-state index contributed by atoms with van der Waals surface area (Å²) in [6.45, 7) is 3.25. The van der Waals surface area contributed by atoms with Crippen LogP contribution in [0.1, 0.15) is 55.8 Å². The Kier molecular flexibility index (Phi) is 8.69. The number of benzene rings is 1. The van der Waals surface area contributed by atoms with E-state index in [4.69, 9.17) is 29.4 Å². The Bertz CT molecular complexity index is 1490. The number of primary amides is 1. The minimum atomic E-state index is -1.69. The minimum Gasteiger partial charge on any atom is -0.461 e. The fourth-order valence-electron chi connectivity index (χ4n) is 12.5. The molecule has 1 aromatic carbocycles. The van der Waals surface area contributed by atoms with Gasteiger partial charge in [-0.3, -0.25) is 14.5 Å². The van der Waals surface area contributed by atoms with Crippen LogP contribution in [-0.2, 0) is 33.3 Å². The summed E-state index contributed by atoms with van der Waals surface area (Å²) >= 11 is 0. The van der Waals surface area contributed by atoms with Crippen molar-refractivity contribution < 1.29 is 48.3 Å². The highest BCUT2D eigenvalue weighted by Gasteiger charge is 2.91. The fraction of sp³-hybridized carbons (Fsp3) is 0.750. The number of aliphatic hydroxyl groups is 2. The van der Waals surface area contributed by atoms with Gasteiger partial charge in [-0.1, -0.05) is 19.1 Å². The van der Waals surface area contributed by atoms with E-state index in [-0.39, 0.29) is 79.1 Å². The summed E-state index contributed by atoms with van der Waals surface area (Å²) in [6, 6.07) is 6.14. The molecular formula is C36H51N3O10. The number of carbonyl (C=O) groups excluding carboxylic acids is 3. The Labute approximate surface area is 287 Å². The zero-order valence-corrected chi connectivity index (χ0v) is 29.1. The van der Waals surface area contributed by atoms with E-state index in [1.807, 2.05) is 0 Å². The van der Waals surface area contributed by atoms with E-state index in [0.29, 0.717) is 25.9 Å². The van der Waals surface area contributed by atoms with Crippen molar-refractivity contribution in [2.45, 2.75) is 87.1 Å². The lowest BCUT2D eigenvalue weighted by molar-refractivity contribution is -0.320. The number of rotatable bonds is 12. The summed E-state index contributed by atoms with van der Waals surface area (Å²) in [5.74, 6) is -2.33. The number of anilines is 1. The molecule has 1 aromatic rings. The Balaban J connectivity index is 1.29. The molecule has 7 bridgehead atoms. The van der Waals surface area contributed by atoms with E-state index in [2.05, 4.69) is 17.1 Å². The average molecular weight is 686 g/mol. The second-order valence-corrected chi connectivity index (χ2v) is 15.3. The summed E-state index contributed by atoms with van der Waals surface area (Å²) < 4.78 is 31.3. The average Bonchev–Trinajstić information content (AvgIpc) is 3.51. The fourth-order valence-corrected chi connectivity index (χ4v) is 12.5. The van der Waals surface area contributed by atoms with E-state index in [9.17, 15) is 24.6 Å². The highest BCUT2D eigenvalue weighted by Crippen LogP contribution is 2.80. The molecule has 6 aliphatic rings. The Morgan fingerprint density at radius 1 is 1.04 bits per heavy atom. The SMILES string of the molecule is CCN1C[C@]2(COC(=O)c3ccccc3NC(=O)CCC(N)=O)CC[C@H](OC)[C@@]34[C@@H]5C[C@H]6[C@H](OC)[C@@H]5[C@](O)(C[C@@H]6OC)[C@@](O)([C@H](OC)[C@H]23)[C@H]14. The number of carbonyl (C=O) groups is 3. The number of hydrogen-bond acceptors (Lipinski definition) is 11. The number of methoxy groups -OCH3 is 4. The molecule has 49 heavy (non-hydrogen) atoms. The van der Waals surface area contributed by atoms with Crippen LogP contribution in [0.4, 0.5) is 5.69 Å². The van der Waals surface area contributed by atoms with Crippen molar-refractivity contribution in [3.8, 4) is 0 Å². The van der Waals surface area contributed by atoms with Gasteiger partial charge in [-0.25, -0.2) is 4.79 Å². The van der Waals surface area contributed by atoms with Crippen molar-refractivity contribution in [2.75, 3.05) is 53.5 Å². The highest BCUT2D eigenvalue weighted by atomic mass is 16.5. The summed E-state index contributed by atoms with van der Waals surface area (Å²) in [4.78, 5) is 39.9. The zero-order chi connectivity index (χ0) is 35.1. The number of fused-ring (bicyclic) bond motifs is 2. The number of para-hydroxylation sites is 1. The van der Waals surface area contributed by atoms with Gasteiger partial charge in [0, 0.05) is 82.8 Å². The lowest BCUT2D eigenvalue weighted by Gasteiger charge is -2.70. The van der Waals surface area contributed by atoms with Crippen LogP contribution in [0.15, 0.2) is 24.3 Å². The minimum absolute atomic E-state index is 0.0424. The largest absolute Gasteiger partial charge is 0.461 e. The van der Waals surface area contributed by atoms with E-state index >= 15 is 0 Å². The lowest BCUT2D eigenvalue weighted by atomic mass is 9.42. The third kappa shape index (κ3) is 4.45. The topological polar surface area (TPSA) is 179 Å². The third-order valence-electron chi connectivity index (χ3n) is 13.8. The molecule has 1 aliphatic heterocycles. The van der Waals surface area contributed by atoms with E-state index in [1.165, 1.54) is 0 Å². The van der Waals surface area contributed by atoms with Gasteiger partial charge in [-0.2, -0.15) is 0 Å². The van der Waals surface area contributed by atoms with Crippen LogP contribution in [0.25, 0.3) is 0 Å². The molecule has 5 aliphatic carbocycles. The first kappa shape index (κ1) is 34.8. The highest BCUT2D eigenvalue weighted by molar-refractivity contribution is 6.01. The molecule has 1 heterocycles. The second-order valence-electron chi connectivity index (χ2n) is 15.3. The van der Waals surface area contributed by atoms with Crippen molar-refractivity contribution in [2.24, 2.45) is 40.2 Å². The predicted octanol–water partition coefficient (Wildman–Crippen LogP) is 1.34. The molecule has 13 atom stereocenters. The van der Waals surface area contributed by atoms with Gasteiger partial charge in [0.25, 0.3) is 0 Å². The van der Waals surface area contributed by atoms with E-state index in [1.54, 1.807) is 52.7 Å². The summed E-state index contributed by atoms with van der Waals surface area (Å²) in [7, 11) is 6.68. The number of nitrogens with zero attached hydrogens (tertiary/aromatic N) is 1. The number of nitrogens with one attached hydrogen (secondary N) is 1. The van der Waals surface area contributed by atoms with Crippen molar-refractivity contribution in [1.82, 2.24) is 4.90 Å². The Morgan fingerprint density at radius 2 is 1.80 bits per heavy atom. The first-order valence-corrected chi connectivity index (χ1v) is 17.6. The van der Waals surface area contributed by atoms with Gasteiger partial charge >= 0.3 is 5.97 Å². The standard InChI is InChI=1S/C36H51N3O10/c1-6-39-17-33(18-49-31(42)19-9-7-8-10-22(19)38-26(41)12-11-25(37)40)14-13-24(46-3)35-21-15-20-23(45-2)16-34(43,27(21)28(20)47-4)36(44,32(35)39)30(48-5)29(33)35/h7-10,20-21,23-24,27-30,32,43-44H,6,11-18H2,1-5H3,(H2,37,40)(H,38,41)/t20-,21-,23+,24+,27-,28+,29-,30-,32-,33+,34-,35+,36-/m1/s1. The summed E-state index contributed by atoms with van der Waals surface area (Å²) in [6.07, 6.45) is 0.513. The Hall–Kier alpha value is -2.65. The summed E-state index contributed by atoms with van der Waals surface area (Å²) in [5, 5.41) is 29.2. The van der Waals surface area contributed by atoms with Crippen LogP contribution in [0.5, 0.6) is 0 Å². The quantitative estimate of drug-likeness (QED) is 0.233.